The molecule has 3 rings (SSSR count). The van der Waals surface area contributed by atoms with Gasteiger partial charge in [0.05, 0.1) is 11.1 Å². The third-order valence-corrected chi connectivity index (χ3v) is 5.18. The lowest BCUT2D eigenvalue weighted by Gasteiger charge is -2.19. The molecule has 1 amide bonds. The monoisotopic (exact) mass is 382 g/mol. The first kappa shape index (κ1) is 18.7. The molecule has 6 nitrogen and oxygen atoms in total. The molecule has 0 spiro atoms. The van der Waals surface area contributed by atoms with Crippen LogP contribution in [0.25, 0.3) is 0 Å². The number of amides is 1. The molecule has 2 atom stereocenters. The summed E-state index contributed by atoms with van der Waals surface area (Å²) in [4.78, 5) is 21.3. The Hall–Kier alpha value is -2.13. The van der Waals surface area contributed by atoms with E-state index in [2.05, 4.69) is 20.2 Å². The third-order valence-electron chi connectivity index (χ3n) is 4.25. The van der Waals surface area contributed by atoms with Crippen LogP contribution in [-0.4, -0.2) is 39.5 Å². The quantitative estimate of drug-likeness (QED) is 0.861. The first-order chi connectivity index (χ1) is 12.3. The Morgan fingerprint density at radius 2 is 2.27 bits per heavy atom. The van der Waals surface area contributed by atoms with Gasteiger partial charge in [0.2, 0.25) is 17.7 Å². The zero-order chi connectivity index (χ0) is 18.8. The maximum atomic E-state index is 14.0. The molecular weight excluding hydrogens is 362 g/mol. The summed E-state index contributed by atoms with van der Waals surface area (Å²) >= 11 is 1.13. The van der Waals surface area contributed by atoms with Crippen molar-refractivity contribution < 1.29 is 18.3 Å². The van der Waals surface area contributed by atoms with Crippen molar-refractivity contribution in [2.75, 3.05) is 11.9 Å². The SMILES string of the molecule is CC(=O)Nc1nc(F)c(CN2C[C@H](Oc3cc(C)c(F)cn3)C[C@@H]2C)s1. The summed E-state index contributed by atoms with van der Waals surface area (Å²) < 4.78 is 33.2. The molecule has 1 N–H and O–H groups in total. The van der Waals surface area contributed by atoms with Gasteiger partial charge in [0.25, 0.3) is 0 Å². The van der Waals surface area contributed by atoms with Crippen LogP contribution in [-0.2, 0) is 11.3 Å². The number of rotatable bonds is 5. The van der Waals surface area contributed by atoms with Crippen molar-refractivity contribution in [3.05, 3.63) is 34.5 Å². The molecule has 0 aliphatic carbocycles. The van der Waals surface area contributed by atoms with Gasteiger partial charge >= 0.3 is 0 Å². The van der Waals surface area contributed by atoms with E-state index in [1.165, 1.54) is 6.92 Å². The molecule has 1 fully saturated rings. The Bertz CT molecular complexity index is 814. The van der Waals surface area contributed by atoms with Crippen LogP contribution >= 0.6 is 11.3 Å². The second-order valence-corrected chi connectivity index (χ2v) is 7.52. The summed E-state index contributed by atoms with van der Waals surface area (Å²) in [5, 5.41) is 2.76. The van der Waals surface area contributed by atoms with E-state index in [0.29, 0.717) is 29.4 Å². The Balaban J connectivity index is 1.62. The van der Waals surface area contributed by atoms with Gasteiger partial charge in [-0.15, -0.1) is 0 Å². The highest BCUT2D eigenvalue weighted by atomic mass is 32.1. The molecule has 0 saturated carbocycles. The van der Waals surface area contributed by atoms with Crippen LogP contribution in [0.5, 0.6) is 5.88 Å². The minimum absolute atomic E-state index is 0.104. The van der Waals surface area contributed by atoms with Gasteiger partial charge in [-0.25, -0.2) is 9.37 Å². The fourth-order valence-corrected chi connectivity index (χ4v) is 3.83. The van der Waals surface area contributed by atoms with E-state index in [1.807, 2.05) is 6.92 Å². The summed E-state index contributed by atoms with van der Waals surface area (Å²) in [6, 6.07) is 1.76. The number of nitrogens with one attached hydrogen (secondary N) is 1. The van der Waals surface area contributed by atoms with E-state index in [4.69, 9.17) is 4.74 Å². The fraction of sp³-hybridized carbons (Fsp3) is 0.471. The lowest BCUT2D eigenvalue weighted by molar-refractivity contribution is -0.114. The standard InChI is InChI=1S/C17H20F2N4O2S/c1-9-4-15(20-6-13(9)18)25-12-5-10(2)23(7-12)8-14-16(19)22-17(26-14)21-11(3)24/h4,6,10,12H,5,7-8H2,1-3H3,(H,21,22,24)/t10-,12+/m0/s1. The summed E-state index contributed by atoms with van der Waals surface area (Å²) in [7, 11) is 0. The first-order valence-corrected chi connectivity index (χ1v) is 9.09. The van der Waals surface area contributed by atoms with Gasteiger partial charge in [0.1, 0.15) is 11.9 Å². The van der Waals surface area contributed by atoms with Crippen LogP contribution in [0.2, 0.25) is 0 Å². The van der Waals surface area contributed by atoms with Crippen LogP contribution in [0.3, 0.4) is 0 Å². The van der Waals surface area contributed by atoms with Crippen molar-refractivity contribution in [1.82, 2.24) is 14.9 Å². The molecule has 9 heteroatoms. The lowest BCUT2D eigenvalue weighted by atomic mass is 10.2. The number of hydrogen-bond donors (Lipinski definition) is 1. The number of carbonyl (C=O) groups excluding carboxylic acids is 1. The largest absolute Gasteiger partial charge is 0.473 e. The highest BCUT2D eigenvalue weighted by Crippen LogP contribution is 2.28. The smallest absolute Gasteiger partial charge is 0.230 e. The van der Waals surface area contributed by atoms with E-state index >= 15 is 0 Å². The molecule has 0 bridgehead atoms. The minimum atomic E-state index is -0.564. The predicted molar refractivity (Wildman–Crippen MR) is 94.2 cm³/mol. The summed E-state index contributed by atoms with van der Waals surface area (Å²) in [6.45, 7) is 6.05. The number of thiazole rings is 1. The topological polar surface area (TPSA) is 67.4 Å². The second-order valence-electron chi connectivity index (χ2n) is 6.44. The van der Waals surface area contributed by atoms with E-state index in [9.17, 15) is 13.6 Å². The molecule has 2 aromatic heterocycles. The fourth-order valence-electron chi connectivity index (χ4n) is 2.92. The van der Waals surface area contributed by atoms with Gasteiger partial charge in [-0.05, 0) is 19.4 Å². The lowest BCUT2D eigenvalue weighted by Crippen LogP contribution is -2.28. The molecule has 0 aromatic carbocycles. The van der Waals surface area contributed by atoms with Gasteiger partial charge in [0.15, 0.2) is 5.13 Å². The van der Waals surface area contributed by atoms with Gasteiger partial charge < -0.3 is 10.1 Å². The molecule has 2 aromatic rings. The molecule has 0 unspecified atom stereocenters. The van der Waals surface area contributed by atoms with Crippen molar-refractivity contribution in [3.8, 4) is 5.88 Å². The van der Waals surface area contributed by atoms with Gasteiger partial charge in [0, 0.05) is 38.5 Å². The number of hydrogen-bond acceptors (Lipinski definition) is 6. The number of carbonyl (C=O) groups is 1. The Labute approximate surface area is 154 Å². The molecule has 1 saturated heterocycles. The van der Waals surface area contributed by atoms with Crippen molar-refractivity contribution in [1.29, 1.82) is 0 Å². The van der Waals surface area contributed by atoms with Crippen molar-refractivity contribution in [2.45, 2.75) is 45.9 Å². The van der Waals surface area contributed by atoms with E-state index in [-0.39, 0.29) is 29.0 Å². The van der Waals surface area contributed by atoms with Gasteiger partial charge in [-0.3, -0.25) is 9.69 Å². The molecule has 1 aliphatic rings. The highest BCUT2D eigenvalue weighted by molar-refractivity contribution is 7.15. The van der Waals surface area contributed by atoms with E-state index in [0.717, 1.165) is 24.0 Å². The Morgan fingerprint density at radius 1 is 1.50 bits per heavy atom. The van der Waals surface area contributed by atoms with Gasteiger partial charge in [-0.2, -0.15) is 9.37 Å². The molecule has 3 heterocycles. The number of likely N-dealkylation sites (tertiary alicyclic amines) is 1. The average molecular weight is 382 g/mol. The maximum Gasteiger partial charge on any atom is 0.230 e. The summed E-state index contributed by atoms with van der Waals surface area (Å²) in [5.41, 5.74) is 0.482. The molecular formula is C17H20F2N4O2S. The number of halogens is 2. The molecule has 1 aliphatic heterocycles. The van der Waals surface area contributed by atoms with Crippen LogP contribution in [0.4, 0.5) is 13.9 Å². The van der Waals surface area contributed by atoms with Crippen LogP contribution in [0.1, 0.15) is 30.7 Å². The normalized spacial score (nSPS) is 20.3. The third kappa shape index (κ3) is 4.34. The van der Waals surface area contributed by atoms with Crippen molar-refractivity contribution >= 4 is 22.4 Å². The molecule has 26 heavy (non-hydrogen) atoms. The zero-order valence-corrected chi connectivity index (χ0v) is 15.6. The minimum Gasteiger partial charge on any atom is -0.473 e. The number of anilines is 1. The number of aryl methyl sites for hydroxylation is 1. The number of aromatic nitrogens is 2. The Kier molecular flexibility index (Phi) is 5.47. The van der Waals surface area contributed by atoms with Crippen LogP contribution in [0.15, 0.2) is 12.3 Å². The summed E-state index contributed by atoms with van der Waals surface area (Å²) in [6.07, 6.45) is 1.81. The zero-order valence-electron chi connectivity index (χ0n) is 14.8. The number of ether oxygens (including phenoxy) is 1. The predicted octanol–water partition coefficient (Wildman–Crippen LogP) is 3.12. The second kappa shape index (κ2) is 7.63. The Morgan fingerprint density at radius 3 is 2.96 bits per heavy atom. The maximum absolute atomic E-state index is 14.0. The van der Waals surface area contributed by atoms with E-state index < -0.39 is 5.95 Å². The van der Waals surface area contributed by atoms with Crippen LogP contribution < -0.4 is 10.1 Å². The first-order valence-electron chi connectivity index (χ1n) is 8.27. The highest BCUT2D eigenvalue weighted by Gasteiger charge is 2.32. The average Bonchev–Trinajstić information content (AvgIpc) is 3.06. The molecule has 140 valence electrons. The number of nitrogens with zero attached hydrogens (tertiary/aromatic N) is 3. The van der Waals surface area contributed by atoms with Gasteiger partial charge in [-0.1, -0.05) is 11.3 Å². The summed E-state index contributed by atoms with van der Waals surface area (Å²) in [5.74, 6) is -0.823. The van der Waals surface area contributed by atoms with Crippen molar-refractivity contribution in [3.63, 3.8) is 0 Å². The number of pyridine rings is 1. The van der Waals surface area contributed by atoms with E-state index in [1.54, 1.807) is 13.0 Å². The van der Waals surface area contributed by atoms with Crippen molar-refractivity contribution in [2.24, 2.45) is 0 Å². The molecule has 0 radical (unpaired) electrons. The van der Waals surface area contributed by atoms with Crippen LogP contribution in [0, 0.1) is 18.7 Å².